The third kappa shape index (κ3) is 34.6. The Balaban J connectivity index is 0.561. The Morgan fingerprint density at radius 1 is 0.539 bits per heavy atom. The number of esters is 2. The summed E-state index contributed by atoms with van der Waals surface area (Å²) in [6, 6.07) is 18.7. The molecule has 46 heteroatoms. The lowest BCUT2D eigenvalue weighted by Gasteiger charge is -2.37. The minimum absolute atomic E-state index is 0.0103. The molecule has 2 aromatic heterocycles. The van der Waals surface area contributed by atoms with Crippen LogP contribution in [0.3, 0.4) is 0 Å². The van der Waals surface area contributed by atoms with Crippen LogP contribution in [0.15, 0.2) is 113 Å². The molecule has 0 spiro atoms. The predicted molar refractivity (Wildman–Crippen MR) is 510 cm³/mol. The largest absolute Gasteiger partial charge is 0.481 e. The van der Waals surface area contributed by atoms with Gasteiger partial charge in [0, 0.05) is 104 Å². The van der Waals surface area contributed by atoms with E-state index in [1.165, 1.54) is 72.8 Å². The number of rotatable bonds is 61. The highest BCUT2D eigenvalue weighted by molar-refractivity contribution is 7.92. The van der Waals surface area contributed by atoms with Crippen LogP contribution >= 0.6 is 0 Å². The number of para-hydroxylation sites is 1. The number of carbonyl (C=O) groups is 15. The lowest BCUT2D eigenvalue weighted by molar-refractivity contribution is -0.191. The van der Waals surface area contributed by atoms with E-state index >= 15 is 0 Å². The van der Waals surface area contributed by atoms with E-state index in [0.29, 0.717) is 61.4 Å². The number of aliphatic carboxylic acids is 3. The van der Waals surface area contributed by atoms with Crippen LogP contribution < -0.4 is 74.1 Å². The zero-order valence-electron chi connectivity index (χ0n) is 79.4. The van der Waals surface area contributed by atoms with E-state index in [1.54, 1.807) is 31.4 Å². The smallest absolute Gasteiger partial charge is 0.355 e. The molecule has 0 radical (unpaired) electrons. The molecule has 0 saturated carbocycles. The molecule has 45 nitrogen and oxygen atoms in total. The molecule has 766 valence electrons. The summed E-state index contributed by atoms with van der Waals surface area (Å²) >= 11 is 0. The van der Waals surface area contributed by atoms with Crippen molar-refractivity contribution in [1.29, 1.82) is 0 Å². The Morgan fingerprint density at radius 2 is 1.12 bits per heavy atom. The summed E-state index contributed by atoms with van der Waals surface area (Å²) < 4.78 is 75.7. The molecule has 6 aromatic rings. The van der Waals surface area contributed by atoms with Crippen LogP contribution in [0, 0.1) is 5.92 Å². The van der Waals surface area contributed by atoms with Crippen molar-refractivity contribution < 1.29 is 134 Å². The Hall–Kier alpha value is -13.8. The molecule has 3 aliphatic rings. The van der Waals surface area contributed by atoms with Crippen LogP contribution in [0.4, 0.5) is 37.1 Å². The van der Waals surface area contributed by atoms with Gasteiger partial charge >= 0.3 is 47.9 Å². The van der Waals surface area contributed by atoms with Crippen LogP contribution in [-0.2, 0) is 131 Å². The van der Waals surface area contributed by atoms with Crippen molar-refractivity contribution in [2.24, 2.45) is 5.92 Å². The predicted octanol–water partition coefficient (Wildman–Crippen LogP) is 5.30. The van der Waals surface area contributed by atoms with Crippen molar-refractivity contribution >= 4 is 133 Å². The zero-order valence-corrected chi connectivity index (χ0v) is 80.3. The first-order valence-electron chi connectivity index (χ1n) is 46.9. The fraction of sp³-hybridized carbons (Fsp3) is 0.505. The summed E-state index contributed by atoms with van der Waals surface area (Å²) in [4.78, 5) is 214. The number of nitrogens with zero attached hydrogens (tertiary/aromatic N) is 3. The maximum Gasteiger partial charge on any atom is 0.355 e. The highest BCUT2D eigenvalue weighted by atomic mass is 32.2. The molecule has 1 saturated heterocycles. The van der Waals surface area contributed by atoms with E-state index in [4.69, 9.17) is 48.0 Å². The lowest BCUT2D eigenvalue weighted by Crippen LogP contribution is -2.57. The number of hydrogen-bond donors (Lipinski definition) is 16. The van der Waals surface area contributed by atoms with Gasteiger partial charge in [-0.05, 0) is 142 Å². The van der Waals surface area contributed by atoms with Gasteiger partial charge in [-0.25, -0.2) is 37.4 Å². The van der Waals surface area contributed by atoms with Crippen molar-refractivity contribution in [1.82, 2.24) is 62.3 Å². The second-order valence-corrected chi connectivity index (χ2v) is 35.2. The topological polar surface area (TPSA) is 619 Å². The van der Waals surface area contributed by atoms with Gasteiger partial charge in [-0.3, -0.25) is 57.5 Å². The minimum atomic E-state index is -4.19. The molecule has 16 N–H and O–H groups in total. The number of fused-ring (bicyclic) bond motifs is 5. The van der Waals surface area contributed by atoms with E-state index in [2.05, 4.69) is 68.5 Å². The number of amides is 13. The molecule has 13 amide bonds. The van der Waals surface area contributed by atoms with Crippen molar-refractivity contribution in [2.75, 3.05) is 139 Å². The molecule has 141 heavy (non-hydrogen) atoms. The maximum absolute atomic E-state index is 14.5. The number of pyridine rings is 2. The maximum atomic E-state index is 14.5. The standard InChI is InChI=1S/C95H126N16O29S/c1-6-34-99-92(128)103-63-18-14-20-65(53-63)141(131,132)109-64-19-13-17-60(52-64)73(55-82(118)119)107-94(130)102-62-29-27-61(28-30-62)101-93(129)100-38-43-136-47-51-138-48-44-133-40-32-79(114)104-72(86(122)98-36-31-81(116)117)23-11-12-35-96-77(112)25-15-26-78(113)97-37-42-135-46-50-137-49-45-134-41-33-80(115)105-74(56-83(120)121)89(125)110-39-16-24-75(110)87(123)108-84(59(4)5)90(126)140-95(8-3)70-54-76-85-68(57-111(76)88(124)69(70)58-139-91(95)127)66(7-2)67-21-9-10-22-71(67)106-85/h9-10,13-14,17-22,27-30,52-54,59,72-75,84,109H,6-8,11-12,15-16,23-26,31-51,55-58H2,1-5H3,(H,96,112)(H,97,113)(H,98,122)(H,104,114)(H,105,115)(H,108,123)(H,116,117)(H,118,119)(H,120,121)(H2,99,103,128)(H2,100,101,129)(H2,102,107,130)/t72-,73+,74-,75-,84-,95-/m0/s1. The van der Waals surface area contributed by atoms with E-state index in [1.807, 2.05) is 38.1 Å². The van der Waals surface area contributed by atoms with Crippen LogP contribution in [0.2, 0.25) is 0 Å². The number of sulfonamides is 1. The normalized spacial score (nSPS) is 14.9. The molecule has 0 aliphatic carbocycles. The summed E-state index contributed by atoms with van der Waals surface area (Å²) in [6.07, 6.45) is 0.964. The monoisotopic (exact) mass is 1990 g/mol. The summed E-state index contributed by atoms with van der Waals surface area (Å²) in [5, 5.41) is 61.1. The number of nitrogens with one attached hydrogen (secondary N) is 13. The second kappa shape index (κ2) is 56.4. The Bertz CT molecular complexity index is 5550. The molecule has 4 aromatic carbocycles. The van der Waals surface area contributed by atoms with E-state index < -0.39 is 148 Å². The van der Waals surface area contributed by atoms with Gasteiger partial charge in [-0.2, -0.15) is 0 Å². The Morgan fingerprint density at radius 3 is 1.74 bits per heavy atom. The summed E-state index contributed by atoms with van der Waals surface area (Å²) in [7, 11) is -4.19. The molecule has 1 fully saturated rings. The van der Waals surface area contributed by atoms with Gasteiger partial charge in [0.1, 0.15) is 30.8 Å². The van der Waals surface area contributed by atoms with Crippen LogP contribution in [0.5, 0.6) is 0 Å². The third-order valence-electron chi connectivity index (χ3n) is 22.8. The van der Waals surface area contributed by atoms with Gasteiger partial charge in [0.25, 0.3) is 15.6 Å². The molecule has 0 bridgehead atoms. The summed E-state index contributed by atoms with van der Waals surface area (Å²) in [6.45, 7) is 10.8. The van der Waals surface area contributed by atoms with Gasteiger partial charge in [0.05, 0.1) is 138 Å². The first kappa shape index (κ1) is 111. The van der Waals surface area contributed by atoms with Crippen molar-refractivity contribution in [3.63, 3.8) is 0 Å². The highest BCUT2D eigenvalue weighted by Gasteiger charge is 2.52. The van der Waals surface area contributed by atoms with Crippen LogP contribution in [-0.4, -0.2) is 270 Å². The number of hydrogen-bond acceptors (Lipinski definition) is 27. The summed E-state index contributed by atoms with van der Waals surface area (Å²) in [5.74, 6) is -10.3. The van der Waals surface area contributed by atoms with Gasteiger partial charge < -0.3 is 126 Å². The van der Waals surface area contributed by atoms with Gasteiger partial charge in [0.15, 0.2) is 0 Å². The fourth-order valence-electron chi connectivity index (χ4n) is 15.7. The quantitative estimate of drug-likeness (QED) is 0.0170. The van der Waals surface area contributed by atoms with E-state index in [-0.39, 0.29) is 228 Å². The number of unbranched alkanes of at least 4 members (excludes halogenated alkanes) is 1. The number of ether oxygens (including phenoxy) is 8. The second-order valence-electron chi connectivity index (χ2n) is 33.5. The van der Waals surface area contributed by atoms with Crippen LogP contribution in [0.1, 0.15) is 165 Å². The Labute approximate surface area is 814 Å². The zero-order chi connectivity index (χ0) is 102. The van der Waals surface area contributed by atoms with Crippen molar-refractivity contribution in [3.8, 4) is 11.4 Å². The fourth-order valence-corrected chi connectivity index (χ4v) is 16.8. The summed E-state index contributed by atoms with van der Waals surface area (Å²) in [5.41, 5.74) is 2.63. The number of benzene rings is 4. The number of urea groups is 3. The number of anilines is 4. The number of aromatic nitrogens is 2. The molecule has 0 unspecified atom stereocenters. The molecule has 9 rings (SSSR count). The van der Waals surface area contributed by atoms with Crippen molar-refractivity contribution in [3.05, 3.63) is 141 Å². The Kier molecular flexibility index (Phi) is 44.4. The van der Waals surface area contributed by atoms with Gasteiger partial charge in [0.2, 0.25) is 47.0 Å². The number of aryl methyl sites for hydroxylation is 1. The number of carbonyl (C=O) groups excluding carboxylic acids is 12. The van der Waals surface area contributed by atoms with E-state index in [0.717, 1.165) is 26.9 Å². The molecule has 3 aliphatic heterocycles. The lowest BCUT2D eigenvalue weighted by atomic mass is 9.85. The van der Waals surface area contributed by atoms with Crippen molar-refractivity contribution in [2.45, 2.75) is 191 Å². The number of likely N-dealkylation sites (tertiary alicyclic amines) is 1. The minimum Gasteiger partial charge on any atom is -0.481 e. The van der Waals surface area contributed by atoms with Gasteiger partial charge in [-0.15, -0.1) is 0 Å². The number of carboxylic acids is 3. The third-order valence-corrected chi connectivity index (χ3v) is 24.2. The molecule has 6 atom stereocenters. The first-order chi connectivity index (χ1) is 67.7. The van der Waals surface area contributed by atoms with E-state index in [9.17, 15) is 95.3 Å². The molecular formula is C95H126N16O29S. The average molecular weight is 1990 g/mol. The molecular weight excluding hydrogens is 1860 g/mol. The highest BCUT2D eigenvalue weighted by Crippen LogP contribution is 2.43. The van der Waals surface area contributed by atoms with Gasteiger partial charge in [-0.1, -0.05) is 71.0 Å². The SMILES string of the molecule is CCCNC(=O)Nc1cccc(S(=O)(=O)Nc2cccc([C@@H](CC(=O)O)NC(=O)Nc3ccc(NC(=O)NCCOCCOCCOCCC(=O)N[C@@H](CCCCNC(=O)CCCC(=O)NCCOCCOCCOCCC(=O)N[C@@H](CC(=O)O)C(=O)N4CCC[C@H]4C(=O)N[C@H](C(=O)O[C@]4(CC)C(=O)OCc5c4cc4n(c5=O)Cc5c-4nc4ccccc4c5CC)C(C)C)C(=O)NCCC(=O)O)cc3)c2)c1. The number of carboxylic acid groups (broad SMARTS) is 3. The average Bonchev–Trinajstić information content (AvgIpc) is 1.53. The first-order valence-corrected chi connectivity index (χ1v) is 48.4. The number of cyclic esters (lactones) is 1. The molecule has 5 heterocycles. The van der Waals surface area contributed by atoms with Crippen LogP contribution in [0.25, 0.3) is 22.3 Å².